The summed E-state index contributed by atoms with van der Waals surface area (Å²) in [6, 6.07) is 13.3. The number of para-hydroxylation sites is 1. The van der Waals surface area contributed by atoms with E-state index >= 15 is 0 Å². The maximum Gasteiger partial charge on any atom is 0.269 e. The number of carbonyl (C=O) groups excluding carboxylic acids is 1. The van der Waals surface area contributed by atoms with E-state index < -0.39 is 5.82 Å². The second kappa shape index (κ2) is 5.49. The van der Waals surface area contributed by atoms with Gasteiger partial charge in [0.2, 0.25) is 5.91 Å². The highest BCUT2D eigenvalue weighted by Crippen LogP contribution is 2.20. The van der Waals surface area contributed by atoms with Crippen LogP contribution in [-0.4, -0.2) is 9.86 Å². The molecule has 0 radical (unpaired) electrons. The van der Waals surface area contributed by atoms with Crippen molar-refractivity contribution in [2.24, 2.45) is 0 Å². The molecule has 21 heavy (non-hydrogen) atoms. The molecule has 6 heteroatoms. The van der Waals surface area contributed by atoms with Crippen LogP contribution in [0.2, 0.25) is 0 Å². The van der Waals surface area contributed by atoms with E-state index in [4.69, 9.17) is 0 Å². The fourth-order valence-corrected chi connectivity index (χ4v) is 3.00. The molecule has 0 aliphatic carbocycles. The van der Waals surface area contributed by atoms with Gasteiger partial charge < -0.3 is 5.32 Å². The molecule has 0 saturated heterocycles. The third-order valence-corrected chi connectivity index (χ3v) is 4.08. The number of halogens is 1. The summed E-state index contributed by atoms with van der Waals surface area (Å²) in [5, 5.41) is 2.99. The number of nitrogens with one attached hydrogen (secondary N) is 1. The normalized spacial score (nSPS) is 10.7. The molecule has 3 rings (SSSR count). The largest absolute Gasteiger partial charge is 0.325 e. The van der Waals surface area contributed by atoms with Gasteiger partial charge in [-0.05, 0) is 24.3 Å². The molecule has 3 aromatic rings. The quantitative estimate of drug-likeness (QED) is 0.809. The Morgan fingerprint density at radius 3 is 2.62 bits per heavy atom. The van der Waals surface area contributed by atoms with Crippen molar-refractivity contribution in [3.8, 4) is 0 Å². The minimum atomic E-state index is -0.447. The summed E-state index contributed by atoms with van der Waals surface area (Å²) in [7, 11) is 0. The Kier molecular flexibility index (Phi) is 3.53. The number of benzene rings is 2. The summed E-state index contributed by atoms with van der Waals surface area (Å²) in [4.78, 5) is 24.0. The molecule has 1 amide bonds. The van der Waals surface area contributed by atoms with Crippen molar-refractivity contribution >= 4 is 33.2 Å². The summed E-state index contributed by atoms with van der Waals surface area (Å²) in [6.07, 6.45) is 0. The molecule has 2 aromatic carbocycles. The minimum Gasteiger partial charge on any atom is -0.325 e. The lowest BCUT2D eigenvalue weighted by molar-refractivity contribution is -0.116. The first kappa shape index (κ1) is 13.5. The number of anilines is 1. The number of carbonyl (C=O) groups is 1. The minimum absolute atomic E-state index is 0.132. The highest BCUT2D eigenvalue weighted by Gasteiger charge is 2.13. The van der Waals surface area contributed by atoms with Crippen LogP contribution in [0.3, 0.4) is 0 Å². The highest BCUT2D eigenvalue weighted by atomic mass is 32.1. The van der Waals surface area contributed by atoms with E-state index in [1.807, 2.05) is 6.07 Å². The molecule has 4 nitrogen and oxygen atoms in total. The van der Waals surface area contributed by atoms with Crippen LogP contribution in [0.15, 0.2) is 53.3 Å². The maximum atomic E-state index is 13.6. The molecule has 106 valence electrons. The average molecular weight is 302 g/mol. The molecule has 0 bridgehead atoms. The molecule has 1 N–H and O–H groups in total. The number of nitrogens with zero attached hydrogens (tertiary/aromatic N) is 1. The summed E-state index contributed by atoms with van der Waals surface area (Å²) in [5.41, 5.74) is 0.306. The predicted molar refractivity (Wildman–Crippen MR) is 81.1 cm³/mol. The van der Waals surface area contributed by atoms with Gasteiger partial charge in [0.15, 0.2) is 0 Å². The van der Waals surface area contributed by atoms with E-state index in [0.717, 1.165) is 11.5 Å². The molecular formula is C15H11FN2O2S. The van der Waals surface area contributed by atoms with Crippen LogP contribution in [0.25, 0.3) is 10.1 Å². The van der Waals surface area contributed by atoms with Crippen LogP contribution in [0.4, 0.5) is 10.1 Å². The monoisotopic (exact) mass is 302 g/mol. The fraction of sp³-hybridized carbons (Fsp3) is 0.0667. The van der Waals surface area contributed by atoms with Crippen molar-refractivity contribution < 1.29 is 9.18 Å². The van der Waals surface area contributed by atoms with Gasteiger partial charge in [-0.3, -0.25) is 13.5 Å². The van der Waals surface area contributed by atoms with E-state index in [1.54, 1.807) is 30.3 Å². The maximum absolute atomic E-state index is 13.6. The van der Waals surface area contributed by atoms with Crippen LogP contribution in [0, 0.1) is 5.82 Å². The van der Waals surface area contributed by atoms with Crippen molar-refractivity contribution in [2.45, 2.75) is 6.54 Å². The van der Waals surface area contributed by atoms with Gasteiger partial charge in [-0.2, -0.15) is 0 Å². The Balaban J connectivity index is 1.85. The zero-order valence-corrected chi connectivity index (χ0v) is 11.7. The molecule has 1 aromatic heterocycles. The Labute approximate surface area is 123 Å². The highest BCUT2D eigenvalue weighted by molar-refractivity contribution is 7.13. The molecule has 0 unspecified atom stereocenters. The first-order valence-electron chi connectivity index (χ1n) is 6.28. The van der Waals surface area contributed by atoms with Crippen molar-refractivity contribution in [3.05, 3.63) is 64.7 Å². The first-order chi connectivity index (χ1) is 10.1. The molecule has 0 aliphatic heterocycles. The number of fused-ring (bicyclic) bond motifs is 1. The SMILES string of the molecule is O=C(Cn1sc2c(F)cccc2c1=O)Nc1ccccc1. The molecular weight excluding hydrogens is 291 g/mol. The summed E-state index contributed by atoms with van der Waals surface area (Å²) < 4.78 is 15.2. The number of hydrogen-bond acceptors (Lipinski definition) is 3. The van der Waals surface area contributed by atoms with Crippen LogP contribution in [0.1, 0.15) is 0 Å². The van der Waals surface area contributed by atoms with Crippen molar-refractivity contribution in [3.63, 3.8) is 0 Å². The van der Waals surface area contributed by atoms with Crippen molar-refractivity contribution in [1.29, 1.82) is 0 Å². The van der Waals surface area contributed by atoms with Gasteiger partial charge in [0.05, 0.1) is 10.1 Å². The molecule has 0 aliphatic rings. The zero-order valence-electron chi connectivity index (χ0n) is 10.9. The first-order valence-corrected chi connectivity index (χ1v) is 7.06. The zero-order chi connectivity index (χ0) is 14.8. The summed E-state index contributed by atoms with van der Waals surface area (Å²) >= 11 is 0.958. The fourth-order valence-electron chi connectivity index (χ4n) is 2.01. The predicted octanol–water partition coefficient (Wildman–Crippen LogP) is 2.84. The van der Waals surface area contributed by atoms with Crippen LogP contribution < -0.4 is 10.9 Å². The molecule has 0 saturated carbocycles. The summed E-state index contributed by atoms with van der Waals surface area (Å²) in [5.74, 6) is -0.771. The Hall–Kier alpha value is -2.47. The van der Waals surface area contributed by atoms with E-state index in [0.29, 0.717) is 11.1 Å². The van der Waals surface area contributed by atoms with E-state index in [-0.39, 0.29) is 22.7 Å². The van der Waals surface area contributed by atoms with Gasteiger partial charge in [-0.1, -0.05) is 35.8 Å². The number of hydrogen-bond donors (Lipinski definition) is 1. The Morgan fingerprint density at radius 2 is 1.90 bits per heavy atom. The van der Waals surface area contributed by atoms with Gasteiger partial charge in [0, 0.05) is 5.69 Å². The third-order valence-electron chi connectivity index (χ3n) is 2.97. The smallest absolute Gasteiger partial charge is 0.269 e. The molecule has 1 heterocycles. The van der Waals surface area contributed by atoms with Crippen LogP contribution in [-0.2, 0) is 11.3 Å². The second-order valence-electron chi connectivity index (χ2n) is 4.46. The topological polar surface area (TPSA) is 51.1 Å². The number of aromatic nitrogens is 1. The van der Waals surface area contributed by atoms with E-state index in [1.165, 1.54) is 16.1 Å². The van der Waals surface area contributed by atoms with Gasteiger partial charge in [-0.15, -0.1) is 0 Å². The number of rotatable bonds is 3. The lowest BCUT2D eigenvalue weighted by atomic mass is 10.3. The van der Waals surface area contributed by atoms with Crippen molar-refractivity contribution in [2.75, 3.05) is 5.32 Å². The van der Waals surface area contributed by atoms with Crippen LogP contribution in [0.5, 0.6) is 0 Å². The standard InChI is InChI=1S/C15H11FN2O2S/c16-12-8-4-7-11-14(12)21-18(15(11)20)9-13(19)17-10-5-2-1-3-6-10/h1-8H,9H2,(H,17,19). The third kappa shape index (κ3) is 2.71. The lowest BCUT2D eigenvalue weighted by Crippen LogP contribution is -2.23. The van der Waals surface area contributed by atoms with Gasteiger partial charge in [-0.25, -0.2) is 4.39 Å². The molecule has 0 fully saturated rings. The molecule has 0 spiro atoms. The lowest BCUT2D eigenvalue weighted by Gasteiger charge is -2.04. The second-order valence-corrected chi connectivity index (χ2v) is 5.50. The number of amides is 1. The van der Waals surface area contributed by atoms with Gasteiger partial charge in [0.25, 0.3) is 5.56 Å². The van der Waals surface area contributed by atoms with Gasteiger partial charge in [0.1, 0.15) is 12.4 Å². The Bertz CT molecular complexity index is 855. The Morgan fingerprint density at radius 1 is 1.14 bits per heavy atom. The summed E-state index contributed by atoms with van der Waals surface area (Å²) in [6.45, 7) is -0.132. The van der Waals surface area contributed by atoms with E-state index in [2.05, 4.69) is 5.32 Å². The van der Waals surface area contributed by atoms with Gasteiger partial charge >= 0.3 is 0 Å². The average Bonchev–Trinajstić information content (AvgIpc) is 2.79. The van der Waals surface area contributed by atoms with Crippen molar-refractivity contribution in [1.82, 2.24) is 3.96 Å². The van der Waals surface area contributed by atoms with Crippen LogP contribution >= 0.6 is 11.5 Å². The van der Waals surface area contributed by atoms with E-state index in [9.17, 15) is 14.0 Å². The molecule has 0 atom stereocenters.